The predicted octanol–water partition coefficient (Wildman–Crippen LogP) is 5.21. The molecule has 2 amide bonds. The molecule has 0 fully saturated rings. The van der Waals surface area contributed by atoms with Crippen LogP contribution in [0.2, 0.25) is 5.02 Å². The maximum absolute atomic E-state index is 12.9. The number of hydrogen-bond acceptors (Lipinski definition) is 5. The molecular formula is C27H27ClN4O4S. The Hall–Kier alpha value is -3.69. The highest BCUT2D eigenvalue weighted by molar-refractivity contribution is 7.90. The van der Waals surface area contributed by atoms with E-state index >= 15 is 0 Å². The SMILES string of the molecule is CCCC(=O)Nc1ccc(Cn2c(C)nc3ccc(C(=O)NS(=O)(=O)c4ccc(C)cc4)cc32)c(Cl)c1. The number of aromatic nitrogens is 2. The van der Waals surface area contributed by atoms with Gasteiger partial charge in [0.1, 0.15) is 5.82 Å². The van der Waals surface area contributed by atoms with E-state index in [1.807, 2.05) is 31.4 Å². The average Bonchev–Trinajstić information content (AvgIpc) is 3.15. The minimum absolute atomic E-state index is 0.0115. The molecule has 1 aromatic heterocycles. The van der Waals surface area contributed by atoms with E-state index in [0.29, 0.717) is 40.5 Å². The number of rotatable bonds is 8. The number of nitrogens with zero attached hydrogens (tertiary/aromatic N) is 2. The molecule has 37 heavy (non-hydrogen) atoms. The summed E-state index contributed by atoms with van der Waals surface area (Å²) < 4.78 is 29.4. The van der Waals surface area contributed by atoms with Crippen LogP contribution in [0.5, 0.6) is 0 Å². The molecule has 0 aliphatic heterocycles. The number of anilines is 1. The van der Waals surface area contributed by atoms with E-state index in [4.69, 9.17) is 11.6 Å². The van der Waals surface area contributed by atoms with Crippen LogP contribution >= 0.6 is 11.6 Å². The Morgan fingerprint density at radius 2 is 1.73 bits per heavy atom. The fraction of sp³-hybridized carbons (Fsp3) is 0.222. The molecule has 3 aromatic carbocycles. The van der Waals surface area contributed by atoms with E-state index in [-0.39, 0.29) is 16.4 Å². The van der Waals surface area contributed by atoms with Gasteiger partial charge >= 0.3 is 0 Å². The summed E-state index contributed by atoms with van der Waals surface area (Å²) in [6.45, 7) is 6.00. The maximum Gasteiger partial charge on any atom is 0.265 e. The number of aryl methyl sites for hydroxylation is 2. The monoisotopic (exact) mass is 538 g/mol. The summed E-state index contributed by atoms with van der Waals surface area (Å²) in [6, 6.07) is 16.4. The van der Waals surface area contributed by atoms with Gasteiger partial charge in [0.2, 0.25) is 5.91 Å². The lowest BCUT2D eigenvalue weighted by Gasteiger charge is -2.12. The van der Waals surface area contributed by atoms with Gasteiger partial charge in [-0.05, 0) is 68.3 Å². The fourth-order valence-corrected chi connectivity index (χ4v) is 5.13. The Kier molecular flexibility index (Phi) is 7.65. The number of fused-ring (bicyclic) bond motifs is 1. The molecule has 192 valence electrons. The van der Waals surface area contributed by atoms with Gasteiger partial charge in [-0.2, -0.15) is 0 Å². The van der Waals surface area contributed by atoms with Crippen molar-refractivity contribution in [1.29, 1.82) is 0 Å². The molecule has 10 heteroatoms. The highest BCUT2D eigenvalue weighted by Crippen LogP contribution is 2.25. The number of nitrogens with one attached hydrogen (secondary N) is 2. The number of imidazole rings is 1. The van der Waals surface area contributed by atoms with Gasteiger partial charge in [0.15, 0.2) is 0 Å². The van der Waals surface area contributed by atoms with Crippen LogP contribution in [-0.4, -0.2) is 29.8 Å². The van der Waals surface area contributed by atoms with Gasteiger partial charge in [-0.1, -0.05) is 42.3 Å². The first kappa shape index (κ1) is 26.4. The van der Waals surface area contributed by atoms with Crippen molar-refractivity contribution in [3.05, 3.63) is 88.2 Å². The lowest BCUT2D eigenvalue weighted by atomic mass is 10.1. The molecular weight excluding hydrogens is 512 g/mol. The van der Waals surface area contributed by atoms with Gasteiger partial charge < -0.3 is 9.88 Å². The fourth-order valence-electron chi connectivity index (χ4n) is 3.92. The van der Waals surface area contributed by atoms with E-state index in [1.54, 1.807) is 42.5 Å². The predicted molar refractivity (Wildman–Crippen MR) is 144 cm³/mol. The zero-order valence-corrected chi connectivity index (χ0v) is 22.3. The topological polar surface area (TPSA) is 110 Å². The van der Waals surface area contributed by atoms with Crippen molar-refractivity contribution in [3.63, 3.8) is 0 Å². The minimum atomic E-state index is -4.02. The first-order valence-corrected chi connectivity index (χ1v) is 13.6. The quantitative estimate of drug-likeness (QED) is 0.320. The van der Waals surface area contributed by atoms with Crippen LogP contribution in [0.15, 0.2) is 65.6 Å². The van der Waals surface area contributed by atoms with Crippen molar-refractivity contribution >= 4 is 50.2 Å². The second-order valence-corrected chi connectivity index (χ2v) is 10.9. The van der Waals surface area contributed by atoms with Crippen LogP contribution in [0.1, 0.15) is 47.1 Å². The van der Waals surface area contributed by atoms with Crippen LogP contribution in [-0.2, 0) is 21.4 Å². The van der Waals surface area contributed by atoms with E-state index < -0.39 is 15.9 Å². The third-order valence-electron chi connectivity index (χ3n) is 5.90. The number of benzene rings is 3. The zero-order valence-electron chi connectivity index (χ0n) is 20.7. The highest BCUT2D eigenvalue weighted by atomic mass is 35.5. The Morgan fingerprint density at radius 1 is 1.00 bits per heavy atom. The Labute approximate surface area is 220 Å². The standard InChI is InChI=1S/C27H27ClN4O4S/c1-4-5-26(33)30-21-10-8-20(23(28)15-21)16-32-18(3)29-24-13-9-19(14-25(24)32)27(34)31-37(35,36)22-11-6-17(2)7-12-22/h6-15H,4-5,16H2,1-3H3,(H,30,33)(H,31,34). The smallest absolute Gasteiger partial charge is 0.265 e. The van der Waals surface area contributed by atoms with Crippen LogP contribution in [0.3, 0.4) is 0 Å². The molecule has 4 rings (SSSR count). The van der Waals surface area contributed by atoms with Gasteiger partial charge in [0, 0.05) is 22.7 Å². The Bertz CT molecular complexity index is 1590. The lowest BCUT2D eigenvalue weighted by Crippen LogP contribution is -2.30. The van der Waals surface area contributed by atoms with E-state index in [0.717, 1.165) is 17.5 Å². The minimum Gasteiger partial charge on any atom is -0.326 e. The van der Waals surface area contributed by atoms with Gasteiger partial charge in [-0.25, -0.2) is 18.1 Å². The molecule has 0 aliphatic rings. The molecule has 0 atom stereocenters. The van der Waals surface area contributed by atoms with Crippen molar-refractivity contribution < 1.29 is 18.0 Å². The van der Waals surface area contributed by atoms with Gasteiger partial charge in [-0.3, -0.25) is 9.59 Å². The number of amides is 2. The van der Waals surface area contributed by atoms with Crippen LogP contribution < -0.4 is 10.0 Å². The van der Waals surface area contributed by atoms with Crippen LogP contribution in [0.4, 0.5) is 5.69 Å². The van der Waals surface area contributed by atoms with Crippen molar-refractivity contribution in [3.8, 4) is 0 Å². The molecule has 2 N–H and O–H groups in total. The van der Waals surface area contributed by atoms with Gasteiger partial charge in [-0.15, -0.1) is 0 Å². The normalized spacial score (nSPS) is 11.5. The molecule has 0 unspecified atom stereocenters. The number of carbonyl (C=O) groups is 2. The van der Waals surface area contributed by atoms with Crippen LogP contribution in [0.25, 0.3) is 11.0 Å². The number of hydrogen-bond donors (Lipinski definition) is 2. The third-order valence-corrected chi connectivity index (χ3v) is 7.60. The molecule has 0 saturated heterocycles. The Morgan fingerprint density at radius 3 is 2.41 bits per heavy atom. The van der Waals surface area contributed by atoms with E-state index in [9.17, 15) is 18.0 Å². The number of halogens is 1. The van der Waals surface area contributed by atoms with Gasteiger partial charge in [0.25, 0.3) is 15.9 Å². The summed E-state index contributed by atoms with van der Waals surface area (Å²) in [5.41, 5.74) is 3.84. The summed E-state index contributed by atoms with van der Waals surface area (Å²) in [4.78, 5) is 29.3. The highest BCUT2D eigenvalue weighted by Gasteiger charge is 2.20. The van der Waals surface area contributed by atoms with E-state index in [1.165, 1.54) is 12.1 Å². The first-order valence-electron chi connectivity index (χ1n) is 11.8. The Balaban J connectivity index is 1.59. The van der Waals surface area contributed by atoms with Crippen molar-refractivity contribution in [2.45, 2.75) is 45.1 Å². The third kappa shape index (κ3) is 6.00. The lowest BCUT2D eigenvalue weighted by molar-refractivity contribution is -0.116. The second kappa shape index (κ2) is 10.7. The summed E-state index contributed by atoms with van der Waals surface area (Å²) in [5.74, 6) is -0.104. The van der Waals surface area contributed by atoms with Crippen molar-refractivity contribution in [2.24, 2.45) is 0 Å². The largest absolute Gasteiger partial charge is 0.326 e. The summed E-state index contributed by atoms with van der Waals surface area (Å²) in [7, 11) is -4.02. The average molecular weight is 539 g/mol. The van der Waals surface area contributed by atoms with Gasteiger partial charge in [0.05, 0.1) is 22.5 Å². The first-order chi connectivity index (χ1) is 17.6. The zero-order chi connectivity index (χ0) is 26.7. The summed E-state index contributed by atoms with van der Waals surface area (Å²) in [5, 5.41) is 3.31. The maximum atomic E-state index is 12.9. The molecule has 0 bridgehead atoms. The summed E-state index contributed by atoms with van der Waals surface area (Å²) in [6.07, 6.45) is 1.18. The molecule has 0 saturated carbocycles. The van der Waals surface area contributed by atoms with Crippen molar-refractivity contribution in [2.75, 3.05) is 5.32 Å². The molecule has 0 spiro atoms. The number of sulfonamides is 1. The van der Waals surface area contributed by atoms with E-state index in [2.05, 4.69) is 15.0 Å². The number of carbonyl (C=O) groups excluding carboxylic acids is 2. The molecule has 0 radical (unpaired) electrons. The second-order valence-electron chi connectivity index (χ2n) is 8.80. The molecule has 4 aromatic rings. The molecule has 0 aliphatic carbocycles. The van der Waals surface area contributed by atoms with Crippen molar-refractivity contribution in [1.82, 2.24) is 14.3 Å². The van der Waals surface area contributed by atoms with Crippen LogP contribution in [0, 0.1) is 13.8 Å². The molecule has 1 heterocycles. The summed E-state index contributed by atoms with van der Waals surface area (Å²) >= 11 is 6.52. The molecule has 8 nitrogen and oxygen atoms in total.